The molecule has 0 spiro atoms. The van der Waals surface area contributed by atoms with Crippen molar-refractivity contribution in [2.75, 3.05) is 6.61 Å². The van der Waals surface area contributed by atoms with E-state index in [9.17, 15) is 4.57 Å². The van der Waals surface area contributed by atoms with Crippen molar-refractivity contribution in [1.29, 1.82) is 0 Å². The van der Waals surface area contributed by atoms with E-state index < -0.39 is 7.60 Å². The zero-order chi connectivity index (χ0) is 27.6. The van der Waals surface area contributed by atoms with E-state index >= 15 is 0 Å². The fourth-order valence-electron chi connectivity index (χ4n) is 3.67. The van der Waals surface area contributed by atoms with Crippen LogP contribution in [-0.4, -0.2) is 17.7 Å². The van der Waals surface area contributed by atoms with Gasteiger partial charge < -0.3 is 23.3 Å². The Kier molecular flexibility index (Phi) is 8.64. The monoisotopic (exact) mass is 553 g/mol. The van der Waals surface area contributed by atoms with Crippen LogP contribution < -0.4 is 28.6 Å². The number of rotatable bonds is 12. The molecule has 0 N–H and O–H groups in total. The van der Waals surface area contributed by atoms with Gasteiger partial charge in [0.2, 0.25) is 5.88 Å². The summed E-state index contributed by atoms with van der Waals surface area (Å²) >= 11 is 0. The van der Waals surface area contributed by atoms with Gasteiger partial charge in [-0.2, -0.15) is 0 Å². The molecule has 0 saturated heterocycles. The molecular formula is C32H28NO6P. The number of pyridine rings is 1. The summed E-state index contributed by atoms with van der Waals surface area (Å²) in [4.78, 5) is 4.16. The van der Waals surface area contributed by atoms with Gasteiger partial charge in [-0.3, -0.25) is 0 Å². The van der Waals surface area contributed by atoms with E-state index in [-0.39, 0.29) is 6.10 Å². The highest BCUT2D eigenvalue weighted by molar-refractivity contribution is 7.63. The summed E-state index contributed by atoms with van der Waals surface area (Å²) in [5, 5.41) is 0.401. The molecule has 0 aliphatic rings. The molecule has 0 aliphatic carbocycles. The molecule has 0 saturated carbocycles. The van der Waals surface area contributed by atoms with Gasteiger partial charge in [-0.05, 0) is 85.8 Å². The van der Waals surface area contributed by atoms with Gasteiger partial charge in [-0.1, -0.05) is 42.5 Å². The largest absolute Gasteiger partial charge is 0.490 e. The molecule has 8 heteroatoms. The van der Waals surface area contributed by atoms with Gasteiger partial charge in [-0.25, -0.2) is 9.55 Å². The first-order chi connectivity index (χ1) is 19.6. The van der Waals surface area contributed by atoms with Crippen molar-refractivity contribution >= 4 is 12.9 Å². The Morgan fingerprint density at radius 3 is 1.70 bits per heavy atom. The minimum atomic E-state index is -3.75. The van der Waals surface area contributed by atoms with Gasteiger partial charge >= 0.3 is 7.60 Å². The van der Waals surface area contributed by atoms with Crippen LogP contribution in [0.3, 0.4) is 0 Å². The van der Waals surface area contributed by atoms with Gasteiger partial charge in [0.1, 0.15) is 41.5 Å². The first-order valence-electron chi connectivity index (χ1n) is 12.7. The summed E-state index contributed by atoms with van der Waals surface area (Å²) in [5.41, 5.74) is 0. The Morgan fingerprint density at radius 1 is 0.625 bits per heavy atom. The molecular weight excluding hydrogens is 525 g/mol. The number of para-hydroxylation sites is 2. The normalized spacial score (nSPS) is 11.7. The minimum Gasteiger partial charge on any atom is -0.490 e. The molecule has 1 atom stereocenters. The van der Waals surface area contributed by atoms with Crippen molar-refractivity contribution < 1.29 is 27.8 Å². The minimum absolute atomic E-state index is 0.169. The van der Waals surface area contributed by atoms with Gasteiger partial charge in [0.05, 0.1) is 5.30 Å². The van der Waals surface area contributed by atoms with E-state index in [1.807, 2.05) is 79.7 Å². The maximum absolute atomic E-state index is 14.0. The topological polar surface area (TPSA) is 76.1 Å². The summed E-state index contributed by atoms with van der Waals surface area (Å²) in [6, 6.07) is 37.5. The highest BCUT2D eigenvalue weighted by Crippen LogP contribution is 2.47. The number of nitrogens with zero attached hydrogens (tertiary/aromatic N) is 1. The van der Waals surface area contributed by atoms with Crippen molar-refractivity contribution in [3.63, 3.8) is 0 Å². The lowest BCUT2D eigenvalue weighted by Crippen LogP contribution is -2.21. The summed E-state index contributed by atoms with van der Waals surface area (Å²) < 4.78 is 43.3. The Balaban J connectivity index is 1.22. The second kappa shape index (κ2) is 12.9. The van der Waals surface area contributed by atoms with Crippen molar-refractivity contribution in [2.24, 2.45) is 0 Å². The van der Waals surface area contributed by atoms with Crippen LogP contribution in [0.4, 0.5) is 0 Å². The number of hydrogen-bond acceptors (Lipinski definition) is 7. The molecule has 5 aromatic rings. The summed E-state index contributed by atoms with van der Waals surface area (Å²) in [6.07, 6.45) is 1.52. The molecule has 0 fully saturated rings. The van der Waals surface area contributed by atoms with Crippen LogP contribution in [0.1, 0.15) is 6.92 Å². The molecule has 7 nitrogen and oxygen atoms in total. The fraction of sp³-hybridized carbons (Fsp3) is 0.0938. The van der Waals surface area contributed by atoms with E-state index in [1.165, 1.54) is 0 Å². The zero-order valence-corrected chi connectivity index (χ0v) is 22.7. The lowest BCUT2D eigenvalue weighted by Gasteiger charge is -2.20. The predicted molar refractivity (Wildman–Crippen MR) is 154 cm³/mol. The second-order valence-corrected chi connectivity index (χ2v) is 10.7. The van der Waals surface area contributed by atoms with E-state index in [2.05, 4.69) is 4.98 Å². The zero-order valence-electron chi connectivity index (χ0n) is 21.8. The van der Waals surface area contributed by atoms with Crippen LogP contribution in [0, 0.1) is 0 Å². The number of ether oxygens (including phenoxy) is 3. The third kappa shape index (κ3) is 7.43. The van der Waals surface area contributed by atoms with Gasteiger partial charge in [0.15, 0.2) is 0 Å². The van der Waals surface area contributed by atoms with E-state index in [4.69, 9.17) is 23.3 Å². The lowest BCUT2D eigenvalue weighted by molar-refractivity contribution is 0.138. The Morgan fingerprint density at radius 2 is 1.15 bits per heavy atom. The van der Waals surface area contributed by atoms with Crippen LogP contribution >= 0.6 is 7.60 Å². The molecule has 0 amide bonds. The summed E-state index contributed by atoms with van der Waals surface area (Å²) in [5.74, 6) is 3.34. The average molecular weight is 554 g/mol. The Hall–Kier alpha value is -4.74. The molecule has 1 unspecified atom stereocenters. The van der Waals surface area contributed by atoms with Crippen molar-refractivity contribution in [2.45, 2.75) is 13.0 Å². The molecule has 0 aliphatic heterocycles. The fourth-order valence-corrected chi connectivity index (χ4v) is 5.23. The smallest absolute Gasteiger partial charge is 0.462 e. The van der Waals surface area contributed by atoms with Crippen molar-refractivity contribution in [3.05, 3.63) is 134 Å². The highest BCUT2D eigenvalue weighted by Gasteiger charge is 2.31. The molecule has 1 heterocycles. The quantitative estimate of drug-likeness (QED) is 0.147. The van der Waals surface area contributed by atoms with E-state index in [1.54, 1.807) is 60.8 Å². The van der Waals surface area contributed by atoms with E-state index in [0.29, 0.717) is 46.5 Å². The molecule has 202 valence electrons. The molecule has 5 rings (SSSR count). The lowest BCUT2D eigenvalue weighted by atomic mass is 10.3. The first-order valence-corrected chi connectivity index (χ1v) is 14.3. The van der Waals surface area contributed by atoms with Gasteiger partial charge in [-0.15, -0.1) is 0 Å². The highest BCUT2D eigenvalue weighted by atomic mass is 31.2. The molecule has 0 bridgehead atoms. The Labute approximate surface area is 233 Å². The maximum atomic E-state index is 14.0. The summed E-state index contributed by atoms with van der Waals surface area (Å²) in [6.45, 7) is 2.29. The summed E-state index contributed by atoms with van der Waals surface area (Å²) in [7, 11) is -3.75. The van der Waals surface area contributed by atoms with Gasteiger partial charge in [0, 0.05) is 12.3 Å². The van der Waals surface area contributed by atoms with Crippen LogP contribution in [0.25, 0.3) is 0 Å². The van der Waals surface area contributed by atoms with E-state index in [0.717, 1.165) is 0 Å². The van der Waals surface area contributed by atoms with Crippen molar-refractivity contribution in [3.8, 4) is 34.6 Å². The van der Waals surface area contributed by atoms with Crippen LogP contribution in [0.2, 0.25) is 0 Å². The van der Waals surface area contributed by atoms with Crippen molar-refractivity contribution in [1.82, 2.24) is 4.98 Å². The first kappa shape index (κ1) is 26.9. The second-order valence-electron chi connectivity index (χ2n) is 8.78. The number of hydrogen-bond donors (Lipinski definition) is 0. The number of benzene rings is 4. The third-order valence-electron chi connectivity index (χ3n) is 5.59. The maximum Gasteiger partial charge on any atom is 0.462 e. The average Bonchev–Trinajstić information content (AvgIpc) is 2.99. The van der Waals surface area contributed by atoms with Crippen LogP contribution in [0.5, 0.6) is 34.6 Å². The van der Waals surface area contributed by atoms with Crippen LogP contribution in [-0.2, 0) is 4.57 Å². The number of aromatic nitrogens is 1. The van der Waals surface area contributed by atoms with Crippen LogP contribution in [0.15, 0.2) is 134 Å². The van der Waals surface area contributed by atoms with Gasteiger partial charge in [0.25, 0.3) is 0 Å². The molecule has 4 aromatic carbocycles. The third-order valence-corrected chi connectivity index (χ3v) is 7.43. The Bertz CT molecular complexity index is 1470. The standard InChI is InChI=1S/C32H28NO6P/c1-25(36-32-14-8-9-23-33-32)24-35-26-15-17-27(18-16-26)37-28-19-21-31(22-20-28)40(34,38-29-10-4-2-5-11-29)39-30-12-6-3-7-13-30/h2-23,25H,24H2,1H3. The molecule has 0 radical (unpaired) electrons. The molecule has 40 heavy (non-hydrogen) atoms. The predicted octanol–water partition coefficient (Wildman–Crippen LogP) is 7.70. The molecule has 1 aromatic heterocycles. The SMILES string of the molecule is CC(COc1ccc(Oc2ccc(P(=O)(Oc3ccccc3)Oc3ccccc3)cc2)cc1)Oc1ccccn1.